The highest BCUT2D eigenvalue weighted by Gasteiger charge is 2.11. The second kappa shape index (κ2) is 3.72. The second-order valence-electron chi connectivity index (χ2n) is 4.53. The highest BCUT2D eigenvalue weighted by atomic mass is 16.5. The second-order valence-corrected chi connectivity index (χ2v) is 4.53. The summed E-state index contributed by atoms with van der Waals surface area (Å²) >= 11 is 0. The number of ether oxygens (including phenoxy) is 1. The number of aromatic nitrogens is 1. The third-order valence-corrected chi connectivity index (χ3v) is 3.56. The van der Waals surface area contributed by atoms with Crippen LogP contribution in [0, 0.1) is 0 Å². The van der Waals surface area contributed by atoms with E-state index in [1.54, 1.807) is 13.4 Å². The van der Waals surface area contributed by atoms with Gasteiger partial charge < -0.3 is 9.26 Å². The van der Waals surface area contributed by atoms with Gasteiger partial charge in [0.1, 0.15) is 17.5 Å². The maximum absolute atomic E-state index is 5.32. The molecular formula is C16H11NO2. The fourth-order valence-electron chi connectivity index (χ4n) is 2.65. The third-order valence-electron chi connectivity index (χ3n) is 3.56. The summed E-state index contributed by atoms with van der Waals surface area (Å²) in [6.45, 7) is 0. The van der Waals surface area contributed by atoms with Crippen LogP contribution in [-0.4, -0.2) is 12.3 Å². The van der Waals surface area contributed by atoms with E-state index in [1.807, 2.05) is 30.3 Å². The van der Waals surface area contributed by atoms with Crippen LogP contribution in [0.2, 0.25) is 0 Å². The fourth-order valence-corrected chi connectivity index (χ4v) is 2.65. The predicted molar refractivity (Wildman–Crippen MR) is 75.6 cm³/mol. The zero-order chi connectivity index (χ0) is 12.8. The molecule has 4 aromatic rings. The topological polar surface area (TPSA) is 35.3 Å². The van der Waals surface area contributed by atoms with E-state index < -0.39 is 0 Å². The van der Waals surface area contributed by atoms with Crippen LogP contribution in [0.1, 0.15) is 0 Å². The minimum absolute atomic E-state index is 0.848. The van der Waals surface area contributed by atoms with Crippen molar-refractivity contribution >= 4 is 32.4 Å². The summed E-state index contributed by atoms with van der Waals surface area (Å²) in [5.74, 6) is 0.848. The molecule has 0 N–H and O–H groups in total. The van der Waals surface area contributed by atoms with E-state index >= 15 is 0 Å². The standard InChI is InChI=1S/C16H11NO2/c1-18-10-6-7-13-14(8-10)11-4-2-3-5-12(11)15-9-19-17-16(13)15/h2-9H,1H3. The summed E-state index contributed by atoms with van der Waals surface area (Å²) in [5, 5.41) is 9.75. The van der Waals surface area contributed by atoms with Gasteiger partial charge in [-0.15, -0.1) is 0 Å². The molecule has 0 aliphatic carbocycles. The van der Waals surface area contributed by atoms with Gasteiger partial charge in [0.15, 0.2) is 0 Å². The van der Waals surface area contributed by atoms with Gasteiger partial charge in [0.2, 0.25) is 0 Å². The Balaban J connectivity index is 2.35. The van der Waals surface area contributed by atoms with Gasteiger partial charge in [0.05, 0.1) is 12.5 Å². The molecule has 19 heavy (non-hydrogen) atoms. The van der Waals surface area contributed by atoms with Crippen LogP contribution in [0.4, 0.5) is 0 Å². The quantitative estimate of drug-likeness (QED) is 0.475. The van der Waals surface area contributed by atoms with Crippen molar-refractivity contribution in [1.82, 2.24) is 5.16 Å². The molecule has 0 radical (unpaired) electrons. The number of fused-ring (bicyclic) bond motifs is 6. The Morgan fingerprint density at radius 3 is 2.47 bits per heavy atom. The first-order valence-corrected chi connectivity index (χ1v) is 6.11. The maximum Gasteiger partial charge on any atom is 0.132 e. The van der Waals surface area contributed by atoms with Gasteiger partial charge >= 0.3 is 0 Å². The Morgan fingerprint density at radius 2 is 1.68 bits per heavy atom. The van der Waals surface area contributed by atoms with Crippen molar-refractivity contribution in [2.45, 2.75) is 0 Å². The fraction of sp³-hybridized carbons (Fsp3) is 0.0625. The normalized spacial score (nSPS) is 11.4. The van der Waals surface area contributed by atoms with Gasteiger partial charge in [-0.3, -0.25) is 0 Å². The van der Waals surface area contributed by atoms with E-state index in [4.69, 9.17) is 9.26 Å². The van der Waals surface area contributed by atoms with Crippen molar-refractivity contribution in [1.29, 1.82) is 0 Å². The molecule has 1 aromatic heterocycles. The lowest BCUT2D eigenvalue weighted by atomic mass is 9.98. The van der Waals surface area contributed by atoms with Crippen LogP contribution in [0.25, 0.3) is 32.4 Å². The van der Waals surface area contributed by atoms with Crippen LogP contribution >= 0.6 is 0 Å². The van der Waals surface area contributed by atoms with E-state index in [9.17, 15) is 0 Å². The minimum Gasteiger partial charge on any atom is -0.497 e. The number of hydrogen-bond acceptors (Lipinski definition) is 3. The number of methoxy groups -OCH3 is 1. The molecule has 0 aliphatic rings. The Hall–Kier alpha value is -2.55. The Labute approximate surface area is 109 Å². The highest BCUT2D eigenvalue weighted by Crippen LogP contribution is 2.35. The molecule has 92 valence electrons. The smallest absolute Gasteiger partial charge is 0.132 e. The molecule has 0 fully saturated rings. The van der Waals surface area contributed by atoms with Gasteiger partial charge in [-0.1, -0.05) is 29.4 Å². The molecule has 0 saturated heterocycles. The number of nitrogens with zero attached hydrogens (tertiary/aromatic N) is 1. The molecular weight excluding hydrogens is 238 g/mol. The van der Waals surface area contributed by atoms with Crippen molar-refractivity contribution in [3.63, 3.8) is 0 Å². The molecule has 3 aromatic carbocycles. The lowest BCUT2D eigenvalue weighted by Gasteiger charge is -2.07. The first-order chi connectivity index (χ1) is 9.38. The van der Waals surface area contributed by atoms with Gasteiger partial charge in [-0.2, -0.15) is 0 Å². The lowest BCUT2D eigenvalue weighted by molar-refractivity contribution is 0.415. The summed E-state index contributed by atoms with van der Waals surface area (Å²) < 4.78 is 10.5. The Morgan fingerprint density at radius 1 is 0.895 bits per heavy atom. The minimum atomic E-state index is 0.848. The van der Waals surface area contributed by atoms with E-state index in [0.717, 1.165) is 32.8 Å². The molecule has 0 spiro atoms. The number of hydrogen-bond donors (Lipinski definition) is 0. The van der Waals surface area contributed by atoms with E-state index in [0.29, 0.717) is 0 Å². The van der Waals surface area contributed by atoms with Crippen LogP contribution in [0.3, 0.4) is 0 Å². The summed E-state index contributed by atoms with van der Waals surface area (Å²) in [6, 6.07) is 14.3. The number of rotatable bonds is 1. The van der Waals surface area contributed by atoms with Crippen molar-refractivity contribution in [2.24, 2.45) is 0 Å². The summed E-state index contributed by atoms with van der Waals surface area (Å²) in [4.78, 5) is 0. The van der Waals surface area contributed by atoms with Crippen molar-refractivity contribution in [3.05, 3.63) is 48.7 Å². The van der Waals surface area contributed by atoms with Gasteiger partial charge in [-0.25, -0.2) is 0 Å². The average molecular weight is 249 g/mol. The van der Waals surface area contributed by atoms with Crippen LogP contribution < -0.4 is 4.74 Å². The Kier molecular flexibility index (Phi) is 2.03. The van der Waals surface area contributed by atoms with Crippen molar-refractivity contribution < 1.29 is 9.26 Å². The van der Waals surface area contributed by atoms with E-state index in [-0.39, 0.29) is 0 Å². The monoisotopic (exact) mass is 249 g/mol. The largest absolute Gasteiger partial charge is 0.497 e. The molecule has 0 amide bonds. The molecule has 4 rings (SSSR count). The predicted octanol–water partition coefficient (Wildman–Crippen LogP) is 4.14. The molecule has 0 aliphatic heterocycles. The summed E-state index contributed by atoms with van der Waals surface area (Å²) in [5.41, 5.74) is 0.899. The van der Waals surface area contributed by atoms with E-state index in [2.05, 4.69) is 17.3 Å². The van der Waals surface area contributed by atoms with Gasteiger partial charge in [-0.05, 0) is 34.4 Å². The molecule has 3 nitrogen and oxygen atoms in total. The van der Waals surface area contributed by atoms with Crippen LogP contribution in [-0.2, 0) is 0 Å². The highest BCUT2D eigenvalue weighted by molar-refractivity contribution is 6.24. The zero-order valence-corrected chi connectivity index (χ0v) is 10.4. The maximum atomic E-state index is 5.32. The molecule has 1 heterocycles. The molecule has 3 heteroatoms. The first kappa shape index (κ1) is 10.4. The molecule has 0 atom stereocenters. The van der Waals surface area contributed by atoms with Crippen molar-refractivity contribution in [2.75, 3.05) is 7.11 Å². The van der Waals surface area contributed by atoms with Gasteiger partial charge in [0.25, 0.3) is 0 Å². The molecule has 0 unspecified atom stereocenters. The SMILES string of the molecule is COc1ccc2c(c1)c1ccccc1c1conc21. The van der Waals surface area contributed by atoms with Gasteiger partial charge in [0, 0.05) is 5.39 Å². The first-order valence-electron chi connectivity index (χ1n) is 6.11. The van der Waals surface area contributed by atoms with Crippen LogP contribution in [0.5, 0.6) is 5.75 Å². The molecule has 0 bridgehead atoms. The van der Waals surface area contributed by atoms with Crippen LogP contribution in [0.15, 0.2) is 53.3 Å². The number of benzene rings is 3. The van der Waals surface area contributed by atoms with Crippen molar-refractivity contribution in [3.8, 4) is 5.75 Å². The summed E-state index contributed by atoms with van der Waals surface area (Å²) in [7, 11) is 1.68. The zero-order valence-electron chi connectivity index (χ0n) is 10.4. The Bertz CT molecular complexity index is 908. The lowest BCUT2D eigenvalue weighted by Crippen LogP contribution is -1.85. The average Bonchev–Trinajstić information content (AvgIpc) is 2.96. The summed E-state index contributed by atoms with van der Waals surface area (Å²) in [6.07, 6.45) is 1.71. The van der Waals surface area contributed by atoms with E-state index in [1.165, 1.54) is 5.39 Å². The molecule has 0 saturated carbocycles. The third kappa shape index (κ3) is 1.35.